The van der Waals surface area contributed by atoms with Crippen molar-refractivity contribution in [1.82, 2.24) is 14.5 Å². The van der Waals surface area contributed by atoms with E-state index in [9.17, 15) is 31.8 Å². The number of fused-ring (bicyclic) bond motifs is 1. The Morgan fingerprint density at radius 1 is 1.21 bits per heavy atom. The second-order valence-corrected chi connectivity index (χ2v) is 11.9. The largest absolute Gasteiger partial charge is 0.416 e. The maximum atomic E-state index is 13.6. The summed E-state index contributed by atoms with van der Waals surface area (Å²) in [5.74, 6) is -0.277. The number of nitrogens with one attached hydrogen (secondary N) is 1. The number of aliphatic hydroxyl groups excluding tert-OH is 1. The number of aromatic nitrogens is 2. The summed E-state index contributed by atoms with van der Waals surface area (Å²) in [5.41, 5.74) is 0.435. The van der Waals surface area contributed by atoms with Crippen LogP contribution in [0.5, 0.6) is 0 Å². The predicted molar refractivity (Wildman–Crippen MR) is 120 cm³/mol. The first kappa shape index (κ1) is 26.7. The van der Waals surface area contributed by atoms with Crippen molar-refractivity contribution in [2.45, 2.75) is 89.2 Å². The van der Waals surface area contributed by atoms with Crippen LogP contribution in [0, 0.1) is 5.41 Å². The minimum atomic E-state index is -4.69. The van der Waals surface area contributed by atoms with Crippen molar-refractivity contribution in [2.24, 2.45) is 5.41 Å². The molecule has 1 heterocycles. The maximum absolute atomic E-state index is 13.6. The van der Waals surface area contributed by atoms with E-state index in [-0.39, 0.29) is 17.9 Å². The van der Waals surface area contributed by atoms with E-state index in [1.807, 2.05) is 20.8 Å². The fraction of sp³-hybridized carbons (Fsp3) is 0.609. The van der Waals surface area contributed by atoms with Gasteiger partial charge in [-0.15, -0.1) is 0 Å². The molecule has 34 heavy (non-hydrogen) atoms. The van der Waals surface area contributed by atoms with Crippen molar-refractivity contribution < 1.29 is 31.8 Å². The summed E-state index contributed by atoms with van der Waals surface area (Å²) in [6.07, 6.45) is -2.60. The van der Waals surface area contributed by atoms with Crippen molar-refractivity contribution in [3.63, 3.8) is 0 Å². The van der Waals surface area contributed by atoms with Crippen LogP contribution in [0.4, 0.5) is 13.2 Å². The summed E-state index contributed by atoms with van der Waals surface area (Å²) in [6, 6.07) is 2.34. The van der Waals surface area contributed by atoms with Crippen LogP contribution in [0.1, 0.15) is 81.3 Å². The van der Waals surface area contributed by atoms with E-state index in [0.717, 1.165) is 6.07 Å². The van der Waals surface area contributed by atoms with E-state index in [2.05, 4.69) is 9.82 Å². The van der Waals surface area contributed by atoms with E-state index in [1.54, 1.807) is 6.92 Å². The Hall–Kier alpha value is -1.95. The zero-order valence-corrected chi connectivity index (χ0v) is 20.5. The lowest BCUT2D eigenvalue weighted by Gasteiger charge is -2.26. The molecule has 1 aromatic carbocycles. The zero-order chi connectivity index (χ0) is 25.5. The summed E-state index contributed by atoms with van der Waals surface area (Å²) in [5, 5.41) is 22.6. The molecule has 1 aliphatic carbocycles. The van der Waals surface area contributed by atoms with Crippen molar-refractivity contribution in [1.29, 1.82) is 0 Å². The van der Waals surface area contributed by atoms with Gasteiger partial charge in [0.05, 0.1) is 29.2 Å². The molecular weight excluding hydrogens is 471 g/mol. The fourth-order valence-electron chi connectivity index (χ4n) is 4.57. The van der Waals surface area contributed by atoms with Crippen molar-refractivity contribution in [2.75, 3.05) is 0 Å². The lowest BCUT2D eigenvalue weighted by Crippen LogP contribution is -2.31. The molecule has 7 nitrogen and oxygen atoms in total. The molecule has 3 rings (SSSR count). The van der Waals surface area contributed by atoms with Gasteiger partial charge in [-0.2, -0.15) is 18.3 Å². The van der Waals surface area contributed by atoms with Crippen molar-refractivity contribution in [3.05, 3.63) is 46.8 Å². The van der Waals surface area contributed by atoms with Gasteiger partial charge < -0.3 is 10.2 Å². The van der Waals surface area contributed by atoms with E-state index >= 15 is 0 Å². The minimum absolute atomic E-state index is 0.147. The fourth-order valence-corrected chi connectivity index (χ4v) is 5.90. The number of rotatable bonds is 7. The molecule has 1 aromatic heterocycles. The lowest BCUT2D eigenvalue weighted by atomic mass is 9.82. The summed E-state index contributed by atoms with van der Waals surface area (Å²) < 4.78 is 71.4. The van der Waals surface area contributed by atoms with E-state index in [1.165, 1.54) is 16.9 Å². The van der Waals surface area contributed by atoms with E-state index in [0.29, 0.717) is 48.6 Å². The molecule has 0 amide bonds. The van der Waals surface area contributed by atoms with E-state index < -0.39 is 39.0 Å². The number of sulfonamides is 1. The number of hydrogen-bond acceptors (Lipinski definition) is 5. The number of nitrogens with zero attached hydrogens (tertiary/aromatic N) is 2. The molecule has 0 fully saturated rings. The summed E-state index contributed by atoms with van der Waals surface area (Å²) in [6.45, 7) is 7.58. The predicted octanol–water partition coefficient (Wildman–Crippen LogP) is 4.11. The van der Waals surface area contributed by atoms with E-state index in [4.69, 9.17) is 0 Å². The highest BCUT2D eigenvalue weighted by Crippen LogP contribution is 2.37. The Labute approximate surface area is 198 Å². The van der Waals surface area contributed by atoms with Crippen LogP contribution < -0.4 is 4.72 Å². The lowest BCUT2D eigenvalue weighted by molar-refractivity contribution is -0.137. The number of alkyl halides is 3. The average molecular weight is 504 g/mol. The van der Waals surface area contributed by atoms with Gasteiger partial charge in [-0.3, -0.25) is 4.68 Å². The normalized spacial score (nSPS) is 18.2. The van der Waals surface area contributed by atoms with Gasteiger partial charge >= 0.3 is 6.18 Å². The highest BCUT2D eigenvalue weighted by atomic mass is 32.2. The number of hydrogen-bond donors (Lipinski definition) is 3. The molecule has 0 radical (unpaired) electrons. The SMILES string of the molecule is CC(CC(C)(C)C)c1cc(C(F)(F)F)cc(S(=O)(=O)NC2CCCc3c2cnn3CC(O)O)c1. The minimum Gasteiger partial charge on any atom is -0.367 e. The monoisotopic (exact) mass is 503 g/mol. The second-order valence-electron chi connectivity index (χ2n) is 10.2. The highest BCUT2D eigenvalue weighted by molar-refractivity contribution is 7.89. The third-order valence-electron chi connectivity index (χ3n) is 5.95. The Bertz CT molecular complexity index is 1120. The number of aliphatic hydroxyl groups is 2. The molecule has 0 spiro atoms. The third kappa shape index (κ3) is 6.38. The highest BCUT2D eigenvalue weighted by Gasteiger charge is 2.35. The molecule has 0 aliphatic heterocycles. The Morgan fingerprint density at radius 3 is 2.47 bits per heavy atom. The molecule has 0 saturated carbocycles. The Balaban J connectivity index is 1.96. The molecule has 2 unspecified atom stereocenters. The molecule has 0 bridgehead atoms. The summed E-state index contributed by atoms with van der Waals surface area (Å²) >= 11 is 0. The van der Waals surface area contributed by atoms with Gasteiger partial charge in [0.2, 0.25) is 10.0 Å². The van der Waals surface area contributed by atoms with Crippen LogP contribution in [0.25, 0.3) is 0 Å². The van der Waals surface area contributed by atoms with Gasteiger partial charge in [0.1, 0.15) is 0 Å². The van der Waals surface area contributed by atoms with Gasteiger partial charge in [-0.25, -0.2) is 13.1 Å². The molecule has 0 saturated heterocycles. The van der Waals surface area contributed by atoms with Gasteiger partial charge in [0.25, 0.3) is 0 Å². The van der Waals surface area contributed by atoms with Crippen molar-refractivity contribution in [3.8, 4) is 0 Å². The summed E-state index contributed by atoms with van der Waals surface area (Å²) in [4.78, 5) is -0.427. The molecule has 2 aromatic rings. The maximum Gasteiger partial charge on any atom is 0.416 e. The zero-order valence-electron chi connectivity index (χ0n) is 19.7. The van der Waals surface area contributed by atoms with Gasteiger partial charge in [0, 0.05) is 11.3 Å². The number of halogens is 3. The molecule has 190 valence electrons. The first-order valence-corrected chi connectivity index (χ1v) is 12.7. The smallest absolute Gasteiger partial charge is 0.367 e. The Kier molecular flexibility index (Phi) is 7.52. The first-order valence-electron chi connectivity index (χ1n) is 11.2. The topological polar surface area (TPSA) is 104 Å². The van der Waals surface area contributed by atoms with Crippen LogP contribution >= 0.6 is 0 Å². The van der Waals surface area contributed by atoms with Crippen LogP contribution in [0.3, 0.4) is 0 Å². The van der Waals surface area contributed by atoms with Crippen LogP contribution in [-0.2, 0) is 29.2 Å². The second kappa shape index (κ2) is 9.60. The van der Waals surface area contributed by atoms with Crippen molar-refractivity contribution >= 4 is 10.0 Å². The molecular formula is C23H32F3N3O4S. The van der Waals surface area contributed by atoms with Crippen LogP contribution in [0.2, 0.25) is 0 Å². The average Bonchev–Trinajstić information content (AvgIpc) is 3.09. The molecule has 3 N–H and O–H groups in total. The first-order chi connectivity index (χ1) is 15.6. The van der Waals surface area contributed by atoms with Gasteiger partial charge in [0.15, 0.2) is 6.29 Å². The Morgan fingerprint density at radius 2 is 1.88 bits per heavy atom. The standard InChI is InChI=1S/C23H32F3N3O4S/c1-14(11-22(2,3)4)15-8-16(23(24,25)26)10-17(9-15)34(32,33)28-19-6-5-7-20-18(19)12-27-29(20)13-21(30)31/h8-10,12,14,19,21,28,30-31H,5-7,11,13H2,1-4H3. The molecule has 2 atom stereocenters. The molecule has 1 aliphatic rings. The van der Waals surface area contributed by atoms with Crippen LogP contribution in [-0.4, -0.2) is 34.7 Å². The number of benzene rings is 1. The summed E-state index contributed by atoms with van der Waals surface area (Å²) in [7, 11) is -4.28. The quantitative estimate of drug-likeness (QED) is 0.494. The van der Waals surface area contributed by atoms with Gasteiger partial charge in [-0.05, 0) is 60.8 Å². The third-order valence-corrected chi connectivity index (χ3v) is 7.40. The molecule has 11 heteroatoms. The van der Waals surface area contributed by atoms with Gasteiger partial charge in [-0.1, -0.05) is 27.7 Å². The van der Waals surface area contributed by atoms with Crippen LogP contribution in [0.15, 0.2) is 29.3 Å².